The number of carbonyl (C=O) groups excluding carboxylic acids is 3. The number of aliphatic hydroxyl groups excluding tert-OH is 1. The SMILES string of the molecule is C.C.C.C.CC(Cc1cc(F)c(O)cc1F)[C@]12CCC(=O)C=C1OCO2.Cc1cc(F)c(CC(C)[C@]2(O)CCC3(C[C@H]2O)OCCO3)cc1F.Cc1cc(F)c(CC(C)[C@]23CCC(=O)C[C@H]2OCO3)cc1F.Cc1cc(F)c(CC(C)[C@]23CCC(=O)C[C@H]2OCO3)cc1F.Cc1cc(F)c(CC(C)[C@]23CCC4(C[C@H]2OCO3)OCCO4)cc1F. The Morgan fingerprint density at radius 2 is 0.739 bits per heavy atom. The average Bonchev–Trinajstić information content (AvgIpc) is 1.70. The summed E-state index contributed by atoms with van der Waals surface area (Å²) in [5.41, 5.74) is -1.19. The van der Waals surface area contributed by atoms with Crippen molar-refractivity contribution in [1.82, 2.24) is 0 Å². The molecule has 6 aliphatic heterocycles. The molecule has 14 atom stereocenters. The number of carbonyl (C=O) groups is 3. The lowest BCUT2D eigenvalue weighted by Gasteiger charge is -2.47. The van der Waals surface area contributed by atoms with Crippen LogP contribution in [0.2, 0.25) is 0 Å². The fraction of sp³-hybridized carbons (Fsp3) is 0.615. The Morgan fingerprint density at radius 1 is 0.387 bits per heavy atom. The number of halogens is 10. The number of benzene rings is 5. The maximum atomic E-state index is 14.3. The van der Waals surface area contributed by atoms with E-state index in [0.29, 0.717) is 149 Å². The lowest BCUT2D eigenvalue weighted by molar-refractivity contribution is -0.246. The quantitative estimate of drug-likeness (QED) is 0.0829. The third-order valence-corrected chi connectivity index (χ3v) is 26.0. The maximum absolute atomic E-state index is 14.3. The molecule has 11 aliphatic rings. The molecule has 5 aliphatic carbocycles. The molecular weight excluding hydrogens is 1570 g/mol. The van der Waals surface area contributed by atoms with E-state index in [4.69, 9.17) is 56.8 Å². The van der Waals surface area contributed by atoms with Gasteiger partial charge in [0.1, 0.15) is 112 Å². The number of aromatic hydroxyl groups is 1. The van der Waals surface area contributed by atoms with Gasteiger partial charge < -0.3 is 72.2 Å². The van der Waals surface area contributed by atoms with Crippen molar-refractivity contribution in [3.63, 3.8) is 0 Å². The molecule has 2 spiro atoms. The van der Waals surface area contributed by atoms with Crippen molar-refractivity contribution in [2.24, 2.45) is 29.6 Å². The summed E-state index contributed by atoms with van der Waals surface area (Å²) in [4.78, 5) is 34.8. The predicted molar refractivity (Wildman–Crippen MR) is 422 cm³/mol. The highest BCUT2D eigenvalue weighted by Crippen LogP contribution is 2.52. The van der Waals surface area contributed by atoms with Crippen molar-refractivity contribution in [2.45, 2.75) is 278 Å². The topological polar surface area (TPSA) is 223 Å². The van der Waals surface area contributed by atoms with E-state index in [2.05, 4.69) is 0 Å². The Kier molecular flexibility index (Phi) is 32.7. The van der Waals surface area contributed by atoms with Gasteiger partial charge in [-0.05, 0) is 226 Å². The van der Waals surface area contributed by atoms with Crippen LogP contribution in [0.1, 0.15) is 204 Å². The summed E-state index contributed by atoms with van der Waals surface area (Å²) in [5.74, 6) is -6.95. The van der Waals surface area contributed by atoms with Crippen LogP contribution in [-0.4, -0.2) is 150 Å². The first-order valence-electron chi connectivity index (χ1n) is 39.7. The van der Waals surface area contributed by atoms with E-state index < -0.39 is 104 Å². The van der Waals surface area contributed by atoms with Gasteiger partial charge in [-0.1, -0.05) is 64.3 Å². The number of ether oxygens (including phenoxy) is 12. The standard InChI is InChI=1S/C19H24F2O4.C18H24F2O4.2C17H20F2O3.C16H16F2O4.4CH4/c1-12-7-16(21)14(9-15(12)20)8-13(2)19-4-3-18(23-5-6-24-18)10-17(19)22-11-25-19;1-11-7-15(20)13(9-14(11)19)8-12(2)18(22)4-3-17(10-16(18)21)23-5-6-24-17;2*1-10-5-15(19)12(7-14(10)18)6-11(2)17-4-3-13(20)8-16(17)21-9-22-17;1-9(4-10-5-13(18)14(20)7-12(10)17)16-3-2-11(19)6-15(16)21-8-22-16;;;;/h7,9,13,17H,3-6,8,10-11H2,1-2H3;7,9,12,16,21-22H,3-6,8,10H2,1-2H3;2*5,7,11,16H,3-4,6,8-9H2,1-2H3;5-7,9,20H,2-4,8H2,1H3;4*1H4/t13?,17-,19-;12?,16-,18-;2*11?,16-,17-;9?,16-;;;;/m11111..../s1. The Balaban J connectivity index is 0.000000184. The number of ketones is 3. The van der Waals surface area contributed by atoms with Gasteiger partial charge in [-0.15, -0.1) is 0 Å². The number of rotatable bonds is 15. The monoisotopic (exact) mass is 1690 g/mol. The van der Waals surface area contributed by atoms with Crippen LogP contribution in [0.5, 0.6) is 5.75 Å². The van der Waals surface area contributed by atoms with Gasteiger partial charge >= 0.3 is 0 Å². The third-order valence-electron chi connectivity index (χ3n) is 26.0. The van der Waals surface area contributed by atoms with E-state index >= 15 is 0 Å². The van der Waals surface area contributed by atoms with Crippen molar-refractivity contribution >= 4 is 17.3 Å². The van der Waals surface area contributed by atoms with E-state index in [9.17, 15) is 73.6 Å². The predicted octanol–water partition coefficient (Wildman–Crippen LogP) is 18.0. The summed E-state index contributed by atoms with van der Waals surface area (Å²) in [6, 6.07) is 11.6. The molecule has 0 aromatic heterocycles. The molecule has 6 heterocycles. The first kappa shape index (κ1) is 97.7. The van der Waals surface area contributed by atoms with Crippen LogP contribution in [0.4, 0.5) is 43.9 Å². The second kappa shape index (κ2) is 39.8. The van der Waals surface area contributed by atoms with E-state index in [1.165, 1.54) is 55.5 Å². The maximum Gasteiger partial charge on any atom is 0.189 e. The second-order valence-corrected chi connectivity index (χ2v) is 33.2. The first-order valence-corrected chi connectivity index (χ1v) is 39.7. The van der Waals surface area contributed by atoms with E-state index in [1.54, 1.807) is 27.7 Å². The summed E-state index contributed by atoms with van der Waals surface area (Å²) in [6.07, 6.45) is 7.67. The van der Waals surface area contributed by atoms with Gasteiger partial charge in [0.25, 0.3) is 0 Å². The summed E-state index contributed by atoms with van der Waals surface area (Å²) in [7, 11) is 0. The number of aryl methyl sites for hydroxylation is 4. The molecule has 0 bridgehead atoms. The van der Waals surface area contributed by atoms with Gasteiger partial charge in [0.2, 0.25) is 0 Å². The number of phenols is 1. The Morgan fingerprint density at radius 3 is 1.15 bits per heavy atom. The third kappa shape index (κ3) is 20.7. The highest BCUT2D eigenvalue weighted by molar-refractivity contribution is 5.91. The van der Waals surface area contributed by atoms with Gasteiger partial charge in [-0.25, -0.2) is 43.9 Å². The number of phenolic OH excluding ortho intramolecular Hbond substituents is 1. The van der Waals surface area contributed by atoms with Crippen LogP contribution >= 0.6 is 0 Å². The largest absolute Gasteiger partial charge is 0.505 e. The molecule has 28 heteroatoms. The molecule has 18 nitrogen and oxygen atoms in total. The van der Waals surface area contributed by atoms with Crippen molar-refractivity contribution in [3.05, 3.63) is 181 Å². The molecule has 0 amide bonds. The molecule has 6 saturated heterocycles. The highest BCUT2D eigenvalue weighted by Gasteiger charge is 2.60. The molecule has 5 aromatic carbocycles. The lowest BCUT2D eigenvalue weighted by Crippen LogP contribution is -2.57. The van der Waals surface area contributed by atoms with Gasteiger partial charge in [0, 0.05) is 69.9 Å². The molecule has 3 N–H and O–H groups in total. The first-order chi connectivity index (χ1) is 54.5. The van der Waals surface area contributed by atoms with Crippen molar-refractivity contribution in [2.75, 3.05) is 53.6 Å². The summed E-state index contributed by atoms with van der Waals surface area (Å²) in [6.45, 7) is 18.4. The Labute approximate surface area is 692 Å². The minimum atomic E-state index is -1.38. The van der Waals surface area contributed by atoms with Crippen LogP contribution in [0.3, 0.4) is 0 Å². The average molecular weight is 1690 g/mol. The smallest absolute Gasteiger partial charge is 0.189 e. The van der Waals surface area contributed by atoms with Crippen LogP contribution in [0.15, 0.2) is 72.5 Å². The molecule has 5 aromatic rings. The molecule has 5 unspecified atom stereocenters. The molecule has 119 heavy (non-hydrogen) atoms. The van der Waals surface area contributed by atoms with Crippen molar-refractivity contribution < 1.29 is 130 Å². The van der Waals surface area contributed by atoms with Crippen molar-refractivity contribution in [3.8, 4) is 5.75 Å². The second-order valence-electron chi connectivity index (χ2n) is 33.2. The van der Waals surface area contributed by atoms with Gasteiger partial charge in [0.05, 0.1) is 56.4 Å². The minimum Gasteiger partial charge on any atom is -0.505 e. The molecule has 4 saturated carbocycles. The van der Waals surface area contributed by atoms with E-state index in [-0.39, 0.29) is 170 Å². The van der Waals surface area contributed by atoms with Crippen LogP contribution in [-0.2, 0) is 103 Å². The van der Waals surface area contributed by atoms with Gasteiger partial charge in [-0.2, -0.15) is 0 Å². The zero-order valence-corrected chi connectivity index (χ0v) is 66.4. The van der Waals surface area contributed by atoms with Crippen molar-refractivity contribution in [1.29, 1.82) is 0 Å². The number of hydrogen-bond acceptors (Lipinski definition) is 18. The Bertz CT molecular complexity index is 4300. The minimum absolute atomic E-state index is 0. The van der Waals surface area contributed by atoms with Gasteiger partial charge in [-0.3, -0.25) is 14.4 Å². The van der Waals surface area contributed by atoms with Crippen LogP contribution in [0.25, 0.3) is 0 Å². The zero-order chi connectivity index (χ0) is 82.9. The van der Waals surface area contributed by atoms with Gasteiger partial charge in [0.15, 0.2) is 35.7 Å². The fourth-order valence-electron chi connectivity index (χ4n) is 18.7. The molecule has 16 rings (SSSR count). The zero-order valence-electron chi connectivity index (χ0n) is 66.4. The molecule has 0 radical (unpaired) electrons. The number of fused-ring (bicyclic) bond motifs is 4. The van der Waals surface area contributed by atoms with E-state index in [1.807, 2.05) is 27.7 Å². The summed E-state index contributed by atoms with van der Waals surface area (Å²) >= 11 is 0. The number of allylic oxidation sites excluding steroid dienone is 1. The molecule has 10 fully saturated rings. The lowest BCUT2D eigenvalue weighted by atomic mass is 9.70. The van der Waals surface area contributed by atoms with Crippen LogP contribution in [0, 0.1) is 115 Å². The highest BCUT2D eigenvalue weighted by atomic mass is 19.2. The van der Waals surface area contributed by atoms with Crippen LogP contribution < -0.4 is 0 Å². The normalized spacial score (nSPS) is 28.5. The number of aliphatic hydroxyl groups is 2. The number of hydrogen-bond donors (Lipinski definition) is 3. The van der Waals surface area contributed by atoms with E-state index in [0.717, 1.165) is 31.0 Å². The number of Topliss-reactive ketones (excluding diaryl/α,β-unsaturated/α-hetero) is 2. The summed E-state index contributed by atoms with van der Waals surface area (Å²) < 4.78 is 207. The molecule has 662 valence electrons. The summed E-state index contributed by atoms with van der Waals surface area (Å²) in [5, 5.41) is 30.6. The fourth-order valence-corrected chi connectivity index (χ4v) is 18.7. The Hall–Kier alpha value is -6.77. The molecular formula is C91H120F10O18.